The Morgan fingerprint density at radius 2 is 2.21 bits per heavy atom. The van der Waals surface area contributed by atoms with Gasteiger partial charge in [-0.2, -0.15) is 4.89 Å². The molecule has 1 fully saturated rings. The van der Waals surface area contributed by atoms with Gasteiger partial charge in [-0.25, -0.2) is 0 Å². The van der Waals surface area contributed by atoms with Crippen LogP contribution in [0.4, 0.5) is 0 Å². The molecule has 0 aromatic carbocycles. The molecule has 14 heavy (non-hydrogen) atoms. The van der Waals surface area contributed by atoms with Crippen LogP contribution in [0.25, 0.3) is 0 Å². The number of rotatable bonds is 3. The van der Waals surface area contributed by atoms with Crippen LogP contribution >= 0.6 is 12.4 Å². The lowest BCUT2D eigenvalue weighted by molar-refractivity contribution is -0.234. The SMILES string of the molecule is C1=C(CNC2CCNCC2)OOC1.Cl. The molecular formula is C9H17ClN2O2. The third-order valence-corrected chi connectivity index (χ3v) is 2.45. The molecule has 0 amide bonds. The summed E-state index contributed by atoms with van der Waals surface area (Å²) in [6.07, 6.45) is 4.37. The van der Waals surface area contributed by atoms with E-state index in [1.54, 1.807) is 0 Å². The van der Waals surface area contributed by atoms with Gasteiger partial charge in [0.15, 0.2) is 5.76 Å². The molecule has 0 saturated carbocycles. The summed E-state index contributed by atoms with van der Waals surface area (Å²) >= 11 is 0. The Bertz CT molecular complexity index is 193. The molecule has 0 radical (unpaired) electrons. The molecule has 1 saturated heterocycles. The first-order valence-electron chi connectivity index (χ1n) is 4.88. The van der Waals surface area contributed by atoms with Gasteiger partial charge in [-0.05, 0) is 32.0 Å². The minimum atomic E-state index is 0. The molecule has 0 aromatic rings. The Kier molecular flexibility index (Phi) is 5.25. The van der Waals surface area contributed by atoms with Crippen molar-refractivity contribution in [2.45, 2.75) is 18.9 Å². The Balaban J connectivity index is 0.000000980. The first-order valence-corrected chi connectivity index (χ1v) is 4.88. The van der Waals surface area contributed by atoms with E-state index in [1.807, 2.05) is 6.08 Å². The molecule has 0 aromatic heterocycles. The van der Waals surface area contributed by atoms with Crippen molar-refractivity contribution in [3.63, 3.8) is 0 Å². The molecular weight excluding hydrogens is 204 g/mol. The van der Waals surface area contributed by atoms with Crippen molar-refractivity contribution in [2.75, 3.05) is 26.2 Å². The van der Waals surface area contributed by atoms with Gasteiger partial charge in [-0.15, -0.1) is 12.4 Å². The molecule has 0 bridgehead atoms. The number of halogens is 1. The quantitative estimate of drug-likeness (QED) is 0.684. The van der Waals surface area contributed by atoms with E-state index in [2.05, 4.69) is 10.6 Å². The van der Waals surface area contributed by atoms with Crippen LogP contribution < -0.4 is 10.6 Å². The van der Waals surface area contributed by atoms with E-state index in [0.717, 1.165) is 25.4 Å². The van der Waals surface area contributed by atoms with Gasteiger partial charge in [0.05, 0.1) is 6.54 Å². The van der Waals surface area contributed by atoms with Crippen molar-refractivity contribution in [3.8, 4) is 0 Å². The van der Waals surface area contributed by atoms with E-state index < -0.39 is 0 Å². The Morgan fingerprint density at radius 3 is 2.86 bits per heavy atom. The minimum absolute atomic E-state index is 0. The van der Waals surface area contributed by atoms with E-state index in [0.29, 0.717) is 12.6 Å². The number of nitrogens with one attached hydrogen (secondary N) is 2. The number of hydrogen-bond donors (Lipinski definition) is 2. The van der Waals surface area contributed by atoms with E-state index in [4.69, 9.17) is 9.78 Å². The van der Waals surface area contributed by atoms with Crippen molar-refractivity contribution < 1.29 is 9.78 Å². The van der Waals surface area contributed by atoms with Crippen molar-refractivity contribution in [2.24, 2.45) is 0 Å². The third-order valence-electron chi connectivity index (χ3n) is 2.45. The second-order valence-corrected chi connectivity index (χ2v) is 3.44. The van der Waals surface area contributed by atoms with Crippen LogP contribution in [-0.4, -0.2) is 32.3 Å². The lowest BCUT2D eigenvalue weighted by Gasteiger charge is -2.23. The second kappa shape index (κ2) is 6.24. The van der Waals surface area contributed by atoms with Gasteiger partial charge in [0.1, 0.15) is 6.61 Å². The van der Waals surface area contributed by atoms with Crippen LogP contribution in [0.15, 0.2) is 11.8 Å². The fraction of sp³-hybridized carbons (Fsp3) is 0.778. The minimum Gasteiger partial charge on any atom is -0.341 e. The predicted molar refractivity (Wildman–Crippen MR) is 56.3 cm³/mol. The molecule has 2 rings (SSSR count). The van der Waals surface area contributed by atoms with Crippen molar-refractivity contribution in [1.82, 2.24) is 10.6 Å². The fourth-order valence-electron chi connectivity index (χ4n) is 1.64. The fourth-order valence-corrected chi connectivity index (χ4v) is 1.64. The van der Waals surface area contributed by atoms with Gasteiger partial charge < -0.3 is 15.5 Å². The zero-order valence-electron chi connectivity index (χ0n) is 8.12. The summed E-state index contributed by atoms with van der Waals surface area (Å²) in [4.78, 5) is 9.68. The highest BCUT2D eigenvalue weighted by molar-refractivity contribution is 5.85. The molecule has 4 nitrogen and oxygen atoms in total. The number of hydrogen-bond acceptors (Lipinski definition) is 4. The van der Waals surface area contributed by atoms with Gasteiger partial charge in [0.25, 0.3) is 0 Å². The predicted octanol–water partition coefficient (Wildman–Crippen LogP) is 0.595. The zero-order chi connectivity index (χ0) is 8.93. The summed E-state index contributed by atoms with van der Waals surface area (Å²) in [5.74, 6) is 0.915. The molecule has 82 valence electrons. The van der Waals surface area contributed by atoms with Crippen molar-refractivity contribution in [1.29, 1.82) is 0 Å². The average Bonchev–Trinajstić information content (AvgIpc) is 2.69. The van der Waals surface area contributed by atoms with Gasteiger partial charge in [-0.1, -0.05) is 0 Å². The van der Waals surface area contributed by atoms with Crippen LogP contribution in [0.1, 0.15) is 12.8 Å². The maximum atomic E-state index is 4.93. The highest BCUT2D eigenvalue weighted by atomic mass is 35.5. The molecule has 0 unspecified atom stereocenters. The average molecular weight is 221 g/mol. The van der Waals surface area contributed by atoms with Crippen LogP contribution in [0.3, 0.4) is 0 Å². The first kappa shape index (κ1) is 11.8. The molecule has 0 spiro atoms. The lowest BCUT2D eigenvalue weighted by Crippen LogP contribution is -2.40. The molecule has 0 aliphatic carbocycles. The Hall–Kier alpha value is -0.290. The maximum Gasteiger partial charge on any atom is 0.154 e. The van der Waals surface area contributed by atoms with Crippen LogP contribution in [0, 0.1) is 0 Å². The summed E-state index contributed by atoms with van der Waals surface area (Å²) < 4.78 is 0. The smallest absolute Gasteiger partial charge is 0.154 e. The second-order valence-electron chi connectivity index (χ2n) is 3.44. The van der Waals surface area contributed by atoms with Gasteiger partial charge >= 0.3 is 0 Å². The first-order chi connectivity index (χ1) is 6.45. The molecule has 2 aliphatic rings. The van der Waals surface area contributed by atoms with Crippen molar-refractivity contribution >= 4 is 12.4 Å². The van der Waals surface area contributed by atoms with Gasteiger partial charge in [0, 0.05) is 6.04 Å². The normalized spacial score (nSPS) is 22.4. The van der Waals surface area contributed by atoms with Crippen LogP contribution in [0.5, 0.6) is 0 Å². The van der Waals surface area contributed by atoms with Crippen LogP contribution in [-0.2, 0) is 9.78 Å². The number of piperidine rings is 1. The van der Waals surface area contributed by atoms with E-state index in [1.165, 1.54) is 12.8 Å². The summed E-state index contributed by atoms with van der Waals surface area (Å²) in [7, 11) is 0. The highest BCUT2D eigenvalue weighted by Gasteiger charge is 2.14. The summed E-state index contributed by atoms with van der Waals surface area (Å²) in [6, 6.07) is 0.631. The monoisotopic (exact) mass is 220 g/mol. The molecule has 2 heterocycles. The van der Waals surface area contributed by atoms with Crippen LogP contribution in [0.2, 0.25) is 0 Å². The molecule has 0 atom stereocenters. The maximum absolute atomic E-state index is 4.93. The largest absolute Gasteiger partial charge is 0.341 e. The lowest BCUT2D eigenvalue weighted by atomic mass is 10.1. The van der Waals surface area contributed by atoms with E-state index in [9.17, 15) is 0 Å². The third kappa shape index (κ3) is 3.46. The van der Waals surface area contributed by atoms with E-state index >= 15 is 0 Å². The standard InChI is InChI=1S/C9H16N2O2.ClH/c1-4-10-5-2-8(1)11-7-9-3-6-12-13-9;/h3,8,10-11H,1-2,4-7H2;1H. The zero-order valence-corrected chi connectivity index (χ0v) is 8.94. The molecule has 2 aliphatic heterocycles. The highest BCUT2D eigenvalue weighted by Crippen LogP contribution is 2.07. The Morgan fingerprint density at radius 1 is 1.43 bits per heavy atom. The van der Waals surface area contributed by atoms with E-state index in [-0.39, 0.29) is 12.4 Å². The van der Waals surface area contributed by atoms with Gasteiger partial charge in [0.2, 0.25) is 0 Å². The van der Waals surface area contributed by atoms with Crippen molar-refractivity contribution in [3.05, 3.63) is 11.8 Å². The van der Waals surface area contributed by atoms with Gasteiger partial charge in [-0.3, -0.25) is 0 Å². The summed E-state index contributed by atoms with van der Waals surface area (Å²) in [5.41, 5.74) is 0. The molecule has 5 heteroatoms. The summed E-state index contributed by atoms with van der Waals surface area (Å²) in [5, 5.41) is 6.78. The Labute approximate surface area is 90.4 Å². The topological polar surface area (TPSA) is 42.5 Å². The molecule has 2 N–H and O–H groups in total. The summed E-state index contributed by atoms with van der Waals surface area (Å²) in [6.45, 7) is 3.62.